The second-order valence-corrected chi connectivity index (χ2v) is 9.16. The zero-order valence-electron chi connectivity index (χ0n) is 18.9. The molecule has 1 aliphatic rings. The highest BCUT2D eigenvalue weighted by Gasteiger charge is 2.22. The van der Waals surface area contributed by atoms with E-state index in [4.69, 9.17) is 4.74 Å². The van der Waals surface area contributed by atoms with Gasteiger partial charge in [0.15, 0.2) is 0 Å². The third kappa shape index (κ3) is 6.82. The minimum absolute atomic E-state index is 0.0889. The number of ether oxygens (including phenoxy) is 1. The molecule has 1 heterocycles. The molecule has 6 nitrogen and oxygen atoms in total. The zero-order valence-corrected chi connectivity index (χ0v) is 18.9. The van der Waals surface area contributed by atoms with Gasteiger partial charge >= 0.3 is 0 Å². The van der Waals surface area contributed by atoms with E-state index in [0.717, 1.165) is 38.2 Å². The van der Waals surface area contributed by atoms with Crippen LogP contribution in [0.5, 0.6) is 5.75 Å². The van der Waals surface area contributed by atoms with Crippen LogP contribution in [0, 0.1) is 0 Å². The van der Waals surface area contributed by atoms with Gasteiger partial charge in [-0.15, -0.1) is 0 Å². The largest absolute Gasteiger partial charge is 0.497 e. The second-order valence-electron chi connectivity index (χ2n) is 9.16. The van der Waals surface area contributed by atoms with Crippen LogP contribution >= 0.6 is 0 Å². The second kappa shape index (κ2) is 9.96. The van der Waals surface area contributed by atoms with Crippen LogP contribution in [0.25, 0.3) is 0 Å². The average Bonchev–Trinajstić information content (AvgIpc) is 2.74. The van der Waals surface area contributed by atoms with Gasteiger partial charge in [0.2, 0.25) is 0 Å². The number of carbonyl (C=O) groups is 2. The SMILES string of the molecule is COc1cccc(CN2CCC(NC(=O)c3ccc(C(=O)NC(C)(C)C)cc3)CC2)c1. The van der Waals surface area contributed by atoms with Crippen LogP contribution in [0.1, 0.15) is 59.9 Å². The number of likely N-dealkylation sites (tertiary alicyclic amines) is 1. The first kappa shape index (κ1) is 22.8. The van der Waals surface area contributed by atoms with Crippen LogP contribution in [-0.2, 0) is 6.54 Å². The van der Waals surface area contributed by atoms with Gasteiger partial charge in [-0.05, 0) is 75.6 Å². The van der Waals surface area contributed by atoms with Crippen LogP contribution in [0.15, 0.2) is 48.5 Å². The third-order valence-electron chi connectivity index (χ3n) is 5.36. The molecular formula is C25H33N3O3. The summed E-state index contributed by atoms with van der Waals surface area (Å²) >= 11 is 0. The zero-order chi connectivity index (χ0) is 22.4. The van der Waals surface area contributed by atoms with E-state index in [1.807, 2.05) is 32.9 Å². The molecular weight excluding hydrogens is 390 g/mol. The lowest BCUT2D eigenvalue weighted by Gasteiger charge is -2.32. The fourth-order valence-electron chi connectivity index (χ4n) is 3.72. The highest BCUT2D eigenvalue weighted by atomic mass is 16.5. The van der Waals surface area contributed by atoms with E-state index in [-0.39, 0.29) is 23.4 Å². The smallest absolute Gasteiger partial charge is 0.251 e. The number of amides is 2. The topological polar surface area (TPSA) is 70.7 Å². The molecule has 0 radical (unpaired) electrons. The van der Waals surface area contributed by atoms with Crippen molar-refractivity contribution in [2.45, 2.75) is 51.7 Å². The number of nitrogens with zero attached hydrogens (tertiary/aromatic N) is 1. The molecule has 2 N–H and O–H groups in total. The number of hydrogen-bond acceptors (Lipinski definition) is 4. The van der Waals surface area contributed by atoms with E-state index >= 15 is 0 Å². The fourth-order valence-corrected chi connectivity index (χ4v) is 3.72. The van der Waals surface area contributed by atoms with Crippen molar-refractivity contribution in [1.82, 2.24) is 15.5 Å². The molecule has 0 atom stereocenters. The molecule has 0 bridgehead atoms. The summed E-state index contributed by atoms with van der Waals surface area (Å²) in [5.41, 5.74) is 2.06. The predicted octanol–water partition coefficient (Wildman–Crippen LogP) is 3.62. The van der Waals surface area contributed by atoms with Crippen molar-refractivity contribution in [3.63, 3.8) is 0 Å². The summed E-state index contributed by atoms with van der Waals surface area (Å²) in [6.07, 6.45) is 1.84. The van der Waals surface area contributed by atoms with Crippen LogP contribution in [0.2, 0.25) is 0 Å². The van der Waals surface area contributed by atoms with Crippen LogP contribution in [-0.4, -0.2) is 48.5 Å². The summed E-state index contributed by atoms with van der Waals surface area (Å²) in [4.78, 5) is 27.3. The van der Waals surface area contributed by atoms with Gasteiger partial charge in [-0.1, -0.05) is 12.1 Å². The first-order valence-electron chi connectivity index (χ1n) is 10.8. The molecule has 0 aliphatic carbocycles. The van der Waals surface area contributed by atoms with Crippen molar-refractivity contribution in [2.75, 3.05) is 20.2 Å². The summed E-state index contributed by atoms with van der Waals surface area (Å²) in [6.45, 7) is 8.58. The van der Waals surface area contributed by atoms with Gasteiger partial charge in [-0.25, -0.2) is 0 Å². The number of methoxy groups -OCH3 is 1. The van der Waals surface area contributed by atoms with Gasteiger partial charge in [-0.2, -0.15) is 0 Å². The highest BCUT2D eigenvalue weighted by molar-refractivity contribution is 5.98. The lowest BCUT2D eigenvalue weighted by Crippen LogP contribution is -2.44. The lowest BCUT2D eigenvalue weighted by molar-refractivity contribution is 0.0900. The molecule has 166 valence electrons. The van der Waals surface area contributed by atoms with Crippen molar-refractivity contribution < 1.29 is 14.3 Å². The number of carbonyl (C=O) groups excluding carboxylic acids is 2. The lowest BCUT2D eigenvalue weighted by atomic mass is 10.0. The first-order chi connectivity index (χ1) is 14.7. The Morgan fingerprint density at radius 1 is 1.00 bits per heavy atom. The Bertz CT molecular complexity index is 895. The van der Waals surface area contributed by atoms with Gasteiger partial charge in [0.05, 0.1) is 7.11 Å². The van der Waals surface area contributed by atoms with E-state index in [2.05, 4.69) is 27.7 Å². The summed E-state index contributed by atoms with van der Waals surface area (Å²) in [5.74, 6) is 0.651. The third-order valence-corrected chi connectivity index (χ3v) is 5.36. The minimum Gasteiger partial charge on any atom is -0.497 e. The maximum atomic E-state index is 12.6. The number of piperidine rings is 1. The van der Waals surface area contributed by atoms with Gasteiger partial charge in [0.1, 0.15) is 5.75 Å². The predicted molar refractivity (Wildman–Crippen MR) is 122 cm³/mol. The van der Waals surface area contributed by atoms with E-state index < -0.39 is 0 Å². The number of benzene rings is 2. The Labute approximate surface area is 185 Å². The number of nitrogens with one attached hydrogen (secondary N) is 2. The average molecular weight is 424 g/mol. The van der Waals surface area contributed by atoms with Crippen LogP contribution in [0.3, 0.4) is 0 Å². The highest BCUT2D eigenvalue weighted by Crippen LogP contribution is 2.18. The first-order valence-corrected chi connectivity index (χ1v) is 10.8. The van der Waals surface area contributed by atoms with E-state index in [0.29, 0.717) is 11.1 Å². The molecule has 0 saturated carbocycles. The molecule has 1 aliphatic heterocycles. The molecule has 1 fully saturated rings. The van der Waals surface area contributed by atoms with Gasteiger partial charge < -0.3 is 15.4 Å². The normalized spacial score (nSPS) is 15.4. The molecule has 0 aromatic heterocycles. The number of rotatable bonds is 6. The monoisotopic (exact) mass is 423 g/mol. The molecule has 0 spiro atoms. The summed E-state index contributed by atoms with van der Waals surface area (Å²) < 4.78 is 5.30. The molecule has 2 amide bonds. The Kier molecular flexibility index (Phi) is 7.33. The Morgan fingerprint density at radius 2 is 1.61 bits per heavy atom. The van der Waals surface area contributed by atoms with Gasteiger partial charge in [0.25, 0.3) is 11.8 Å². The van der Waals surface area contributed by atoms with E-state index in [9.17, 15) is 9.59 Å². The van der Waals surface area contributed by atoms with Crippen molar-refractivity contribution in [3.8, 4) is 5.75 Å². The standard InChI is InChI=1S/C25H33N3O3/c1-25(2,3)27-24(30)20-10-8-19(9-11-20)23(29)26-21-12-14-28(15-13-21)17-18-6-5-7-22(16-18)31-4/h5-11,16,21H,12-15,17H2,1-4H3,(H,26,29)(H,27,30). The molecule has 0 unspecified atom stereocenters. The summed E-state index contributed by atoms with van der Waals surface area (Å²) in [5, 5.41) is 6.07. The van der Waals surface area contributed by atoms with Crippen molar-refractivity contribution in [2.24, 2.45) is 0 Å². The minimum atomic E-state index is -0.297. The summed E-state index contributed by atoms with van der Waals surface area (Å²) in [6, 6.07) is 15.1. The van der Waals surface area contributed by atoms with Crippen LogP contribution < -0.4 is 15.4 Å². The Morgan fingerprint density at radius 3 is 2.19 bits per heavy atom. The Balaban J connectivity index is 1.48. The van der Waals surface area contributed by atoms with Crippen molar-refractivity contribution >= 4 is 11.8 Å². The molecule has 2 aromatic carbocycles. The van der Waals surface area contributed by atoms with Crippen molar-refractivity contribution in [1.29, 1.82) is 0 Å². The molecule has 31 heavy (non-hydrogen) atoms. The maximum Gasteiger partial charge on any atom is 0.251 e. The Hall–Kier alpha value is -2.86. The van der Waals surface area contributed by atoms with Crippen molar-refractivity contribution in [3.05, 3.63) is 65.2 Å². The molecule has 2 aromatic rings. The molecule has 1 saturated heterocycles. The van der Waals surface area contributed by atoms with Crippen LogP contribution in [0.4, 0.5) is 0 Å². The molecule has 6 heteroatoms. The quantitative estimate of drug-likeness (QED) is 0.745. The number of hydrogen-bond donors (Lipinski definition) is 2. The van der Waals surface area contributed by atoms with Gasteiger partial charge in [-0.3, -0.25) is 14.5 Å². The van der Waals surface area contributed by atoms with E-state index in [1.54, 1.807) is 31.4 Å². The summed E-state index contributed by atoms with van der Waals surface area (Å²) in [7, 11) is 1.68. The molecule has 3 rings (SSSR count). The fraction of sp³-hybridized carbons (Fsp3) is 0.440. The van der Waals surface area contributed by atoms with E-state index in [1.165, 1.54) is 5.56 Å². The maximum absolute atomic E-state index is 12.6. The van der Waals surface area contributed by atoms with Gasteiger partial charge in [0, 0.05) is 42.3 Å².